The molecule has 0 atom stereocenters. The number of amides is 1. The lowest BCUT2D eigenvalue weighted by atomic mass is 10.1. The topological polar surface area (TPSA) is 75.4 Å². The first kappa shape index (κ1) is 20.6. The first-order valence-corrected chi connectivity index (χ1v) is 10.9. The maximum atomic E-state index is 13.2. The van der Waals surface area contributed by atoms with Crippen molar-refractivity contribution in [1.82, 2.24) is 24.9 Å². The van der Waals surface area contributed by atoms with Crippen LogP contribution in [0.25, 0.3) is 22.3 Å². The summed E-state index contributed by atoms with van der Waals surface area (Å²) in [5.41, 5.74) is 3.34. The summed E-state index contributed by atoms with van der Waals surface area (Å²) in [5.74, 6) is 1.12. The highest BCUT2D eigenvalue weighted by molar-refractivity contribution is 6.32. The molecule has 32 heavy (non-hydrogen) atoms. The summed E-state index contributed by atoms with van der Waals surface area (Å²) in [5, 5.41) is 5.50. The van der Waals surface area contributed by atoms with Crippen LogP contribution >= 0.6 is 11.6 Å². The van der Waals surface area contributed by atoms with Crippen LogP contribution in [0.3, 0.4) is 0 Å². The molecule has 5 rings (SSSR count). The molecule has 1 aliphatic rings. The van der Waals surface area contributed by atoms with Gasteiger partial charge in [0.15, 0.2) is 0 Å². The van der Waals surface area contributed by atoms with Gasteiger partial charge in [0.2, 0.25) is 11.7 Å². The van der Waals surface area contributed by atoms with Crippen molar-refractivity contribution in [1.29, 1.82) is 0 Å². The van der Waals surface area contributed by atoms with Gasteiger partial charge in [-0.15, -0.1) is 0 Å². The zero-order valence-electron chi connectivity index (χ0n) is 17.7. The summed E-state index contributed by atoms with van der Waals surface area (Å²) in [6.45, 7) is 5.26. The van der Waals surface area contributed by atoms with Crippen LogP contribution in [0.5, 0.6) is 0 Å². The lowest BCUT2D eigenvalue weighted by molar-refractivity contribution is 0.0617. The van der Waals surface area contributed by atoms with E-state index in [0.29, 0.717) is 47.5 Å². The van der Waals surface area contributed by atoms with E-state index in [9.17, 15) is 4.79 Å². The molecule has 2 aromatic carbocycles. The first-order valence-electron chi connectivity index (χ1n) is 10.5. The first-order chi connectivity index (χ1) is 15.6. The Labute approximate surface area is 190 Å². The van der Waals surface area contributed by atoms with Crippen molar-refractivity contribution in [2.45, 2.75) is 13.5 Å². The van der Waals surface area contributed by atoms with Crippen LogP contribution in [-0.4, -0.2) is 57.0 Å². The van der Waals surface area contributed by atoms with Gasteiger partial charge < -0.3 is 9.42 Å². The number of hydrogen-bond donors (Lipinski definition) is 0. The smallest absolute Gasteiger partial charge is 0.256 e. The number of aromatic nitrogens is 3. The van der Waals surface area contributed by atoms with E-state index in [-0.39, 0.29) is 5.91 Å². The summed E-state index contributed by atoms with van der Waals surface area (Å²) in [6, 6.07) is 15.3. The molecule has 3 heterocycles. The molecular formula is C24H22ClN5O2. The summed E-state index contributed by atoms with van der Waals surface area (Å²) < 4.78 is 5.45. The number of rotatable bonds is 4. The Bertz CT molecular complexity index is 1260. The van der Waals surface area contributed by atoms with Gasteiger partial charge in [-0.3, -0.25) is 14.7 Å². The summed E-state index contributed by atoms with van der Waals surface area (Å²) in [4.78, 5) is 26.2. The molecule has 0 radical (unpaired) electrons. The normalized spacial score (nSPS) is 14.8. The van der Waals surface area contributed by atoms with Crippen molar-refractivity contribution in [2.24, 2.45) is 0 Å². The molecule has 0 aliphatic carbocycles. The van der Waals surface area contributed by atoms with Gasteiger partial charge in [-0.25, -0.2) is 0 Å². The number of pyridine rings is 1. The number of nitrogens with zero attached hydrogens (tertiary/aromatic N) is 5. The molecular weight excluding hydrogens is 426 g/mol. The summed E-state index contributed by atoms with van der Waals surface area (Å²) in [7, 11) is 0. The molecule has 7 nitrogen and oxygen atoms in total. The van der Waals surface area contributed by atoms with Crippen molar-refractivity contribution >= 4 is 28.4 Å². The van der Waals surface area contributed by atoms with Gasteiger partial charge in [0.1, 0.15) is 0 Å². The van der Waals surface area contributed by atoms with E-state index >= 15 is 0 Å². The molecule has 2 aromatic heterocycles. The summed E-state index contributed by atoms with van der Waals surface area (Å²) >= 11 is 6.24. The fourth-order valence-electron chi connectivity index (χ4n) is 3.93. The van der Waals surface area contributed by atoms with Gasteiger partial charge in [-0.05, 0) is 25.1 Å². The predicted octanol–water partition coefficient (Wildman–Crippen LogP) is 4.20. The maximum absolute atomic E-state index is 13.2. The van der Waals surface area contributed by atoms with Crippen molar-refractivity contribution in [2.75, 3.05) is 26.2 Å². The van der Waals surface area contributed by atoms with Crippen LogP contribution in [0.15, 0.2) is 59.3 Å². The van der Waals surface area contributed by atoms with E-state index in [4.69, 9.17) is 16.1 Å². The lowest BCUT2D eigenvalue weighted by Crippen LogP contribution is -2.48. The fourth-order valence-corrected chi connectivity index (χ4v) is 4.16. The Kier molecular flexibility index (Phi) is 5.59. The average Bonchev–Trinajstić information content (AvgIpc) is 3.27. The van der Waals surface area contributed by atoms with Crippen molar-refractivity contribution in [3.05, 3.63) is 76.8 Å². The number of hydrogen-bond acceptors (Lipinski definition) is 6. The Morgan fingerprint density at radius 1 is 1.09 bits per heavy atom. The van der Waals surface area contributed by atoms with E-state index in [1.165, 1.54) is 5.56 Å². The maximum Gasteiger partial charge on any atom is 0.256 e. The van der Waals surface area contributed by atoms with Gasteiger partial charge in [-0.1, -0.05) is 52.7 Å². The van der Waals surface area contributed by atoms with Crippen molar-refractivity contribution < 1.29 is 9.32 Å². The fraction of sp³-hybridized carbons (Fsp3) is 0.250. The third kappa shape index (κ3) is 4.22. The van der Waals surface area contributed by atoms with E-state index < -0.39 is 0 Å². The molecule has 1 saturated heterocycles. The molecule has 4 aromatic rings. The Morgan fingerprint density at radius 2 is 1.88 bits per heavy atom. The zero-order valence-corrected chi connectivity index (χ0v) is 18.4. The molecule has 1 fully saturated rings. The molecule has 1 amide bonds. The molecule has 0 unspecified atom stereocenters. The minimum Gasteiger partial charge on any atom is -0.338 e. The second-order valence-corrected chi connectivity index (χ2v) is 8.41. The van der Waals surface area contributed by atoms with Crippen LogP contribution < -0.4 is 0 Å². The second kappa shape index (κ2) is 8.68. The Balaban J connectivity index is 1.23. The van der Waals surface area contributed by atoms with Gasteiger partial charge in [0.05, 0.1) is 17.6 Å². The molecule has 162 valence electrons. The van der Waals surface area contributed by atoms with Gasteiger partial charge in [0, 0.05) is 48.3 Å². The van der Waals surface area contributed by atoms with E-state index in [1.807, 2.05) is 54.3 Å². The van der Waals surface area contributed by atoms with Gasteiger partial charge in [-0.2, -0.15) is 4.98 Å². The lowest BCUT2D eigenvalue weighted by Gasteiger charge is -2.34. The number of aryl methyl sites for hydroxylation is 1. The van der Waals surface area contributed by atoms with Gasteiger partial charge >= 0.3 is 0 Å². The number of carbonyl (C=O) groups is 1. The number of fused-ring (bicyclic) bond motifs is 1. The quantitative estimate of drug-likeness (QED) is 0.466. The van der Waals surface area contributed by atoms with E-state index in [0.717, 1.165) is 24.0 Å². The molecule has 0 bridgehead atoms. The number of piperazine rings is 1. The largest absolute Gasteiger partial charge is 0.338 e. The number of benzene rings is 2. The van der Waals surface area contributed by atoms with Crippen LogP contribution in [0, 0.1) is 6.92 Å². The highest BCUT2D eigenvalue weighted by Gasteiger charge is 2.25. The highest BCUT2D eigenvalue weighted by Crippen LogP contribution is 2.24. The Hall–Kier alpha value is -3.29. The minimum atomic E-state index is -0.0460. The molecule has 1 aliphatic heterocycles. The third-order valence-corrected chi connectivity index (χ3v) is 5.91. The molecule has 0 spiro atoms. The predicted molar refractivity (Wildman–Crippen MR) is 122 cm³/mol. The Morgan fingerprint density at radius 3 is 2.66 bits per heavy atom. The minimum absolute atomic E-state index is 0.0460. The van der Waals surface area contributed by atoms with E-state index in [2.05, 4.69) is 20.0 Å². The molecule has 8 heteroatoms. The SMILES string of the molecule is Cc1ccc(-c2noc(CN3CCN(C(=O)c4cc(Cl)cc5cccnc45)CC3)n2)cc1. The van der Waals surface area contributed by atoms with Crippen LogP contribution in [0.1, 0.15) is 21.8 Å². The van der Waals surface area contributed by atoms with Crippen LogP contribution in [0.2, 0.25) is 5.02 Å². The standard InChI is InChI=1S/C24H22ClN5O2/c1-16-4-6-17(7-5-16)23-27-21(32-28-23)15-29-9-11-30(12-10-29)24(31)20-14-19(25)13-18-3-2-8-26-22(18)20/h2-8,13-14H,9-12,15H2,1H3. The van der Waals surface area contributed by atoms with E-state index in [1.54, 1.807) is 12.3 Å². The van der Waals surface area contributed by atoms with Crippen molar-refractivity contribution in [3.8, 4) is 11.4 Å². The van der Waals surface area contributed by atoms with Crippen LogP contribution in [-0.2, 0) is 6.54 Å². The number of halogens is 1. The summed E-state index contributed by atoms with van der Waals surface area (Å²) in [6.07, 6.45) is 1.69. The van der Waals surface area contributed by atoms with Crippen molar-refractivity contribution in [3.63, 3.8) is 0 Å². The second-order valence-electron chi connectivity index (χ2n) is 7.97. The number of carbonyl (C=O) groups excluding carboxylic acids is 1. The zero-order chi connectivity index (χ0) is 22.1. The van der Waals surface area contributed by atoms with Crippen LogP contribution in [0.4, 0.5) is 0 Å². The highest BCUT2D eigenvalue weighted by atomic mass is 35.5. The third-order valence-electron chi connectivity index (χ3n) is 5.70. The molecule has 0 N–H and O–H groups in total. The van der Waals surface area contributed by atoms with Gasteiger partial charge in [0.25, 0.3) is 5.91 Å². The average molecular weight is 448 g/mol. The monoisotopic (exact) mass is 447 g/mol. The molecule has 0 saturated carbocycles.